The van der Waals surface area contributed by atoms with Crippen molar-refractivity contribution in [2.24, 2.45) is 0 Å². The Balaban J connectivity index is 2.17. The van der Waals surface area contributed by atoms with Gasteiger partial charge in [0.25, 0.3) is 0 Å². The average Bonchev–Trinajstić information content (AvgIpc) is 3.10. The second kappa shape index (κ2) is 5.28. The normalized spacial score (nSPS) is 15.4. The molecule has 0 atom stereocenters. The zero-order valence-corrected chi connectivity index (χ0v) is 11.6. The van der Waals surface area contributed by atoms with Crippen molar-refractivity contribution >= 4 is 17.3 Å². The lowest BCUT2D eigenvalue weighted by molar-refractivity contribution is 0.588. The molecule has 0 unspecified atom stereocenters. The second-order valence-electron chi connectivity index (χ2n) is 5.15. The quantitative estimate of drug-likeness (QED) is 0.864. The van der Waals surface area contributed by atoms with Gasteiger partial charge in [-0.15, -0.1) is 0 Å². The summed E-state index contributed by atoms with van der Waals surface area (Å²) in [4.78, 5) is 2.36. The van der Waals surface area contributed by atoms with Gasteiger partial charge in [-0.05, 0) is 30.5 Å². The van der Waals surface area contributed by atoms with Gasteiger partial charge in [0.1, 0.15) is 0 Å². The third-order valence-corrected chi connectivity index (χ3v) is 3.46. The molecule has 1 aliphatic carbocycles. The van der Waals surface area contributed by atoms with E-state index in [0.717, 1.165) is 11.6 Å². The fourth-order valence-electron chi connectivity index (χ4n) is 1.99. The average molecular weight is 253 g/mol. The fraction of sp³-hybridized carbons (Fsp3) is 0.571. The molecular formula is C14H21ClN2. The van der Waals surface area contributed by atoms with E-state index in [4.69, 9.17) is 11.6 Å². The summed E-state index contributed by atoms with van der Waals surface area (Å²) in [5, 5.41) is 4.29. The van der Waals surface area contributed by atoms with Crippen LogP contribution in [0.3, 0.4) is 0 Å². The van der Waals surface area contributed by atoms with Crippen molar-refractivity contribution in [3.63, 3.8) is 0 Å². The van der Waals surface area contributed by atoms with E-state index in [2.05, 4.69) is 43.2 Å². The Hall–Kier alpha value is -0.730. The molecule has 0 spiro atoms. The van der Waals surface area contributed by atoms with Gasteiger partial charge in [0, 0.05) is 36.4 Å². The molecule has 94 valence electrons. The first-order valence-electron chi connectivity index (χ1n) is 6.32. The Morgan fingerprint density at radius 3 is 2.71 bits per heavy atom. The molecule has 2 nitrogen and oxygen atoms in total. The van der Waals surface area contributed by atoms with Crippen molar-refractivity contribution < 1.29 is 0 Å². The lowest BCUT2D eigenvalue weighted by atomic mass is 10.1. The molecule has 2 rings (SSSR count). The Morgan fingerprint density at radius 2 is 2.12 bits per heavy atom. The zero-order valence-electron chi connectivity index (χ0n) is 10.8. The van der Waals surface area contributed by atoms with Crippen molar-refractivity contribution in [2.75, 3.05) is 11.9 Å². The SMILES string of the molecule is CC(C)NCc1ccc(Cl)cc1N(C)C1CC1. The smallest absolute Gasteiger partial charge is 0.0426 e. The lowest BCUT2D eigenvalue weighted by Gasteiger charge is -2.23. The van der Waals surface area contributed by atoms with Crippen LogP contribution in [0.5, 0.6) is 0 Å². The number of benzene rings is 1. The molecular weight excluding hydrogens is 232 g/mol. The Labute approximate surface area is 109 Å². The van der Waals surface area contributed by atoms with E-state index >= 15 is 0 Å². The molecule has 0 saturated heterocycles. The summed E-state index contributed by atoms with van der Waals surface area (Å²) >= 11 is 6.10. The first-order valence-corrected chi connectivity index (χ1v) is 6.70. The summed E-state index contributed by atoms with van der Waals surface area (Å²) in [5.41, 5.74) is 2.60. The summed E-state index contributed by atoms with van der Waals surface area (Å²) in [7, 11) is 2.17. The maximum atomic E-state index is 6.10. The van der Waals surface area contributed by atoms with Crippen LogP contribution in [0.1, 0.15) is 32.3 Å². The highest BCUT2D eigenvalue weighted by Gasteiger charge is 2.27. The van der Waals surface area contributed by atoms with Gasteiger partial charge >= 0.3 is 0 Å². The highest BCUT2D eigenvalue weighted by molar-refractivity contribution is 6.30. The van der Waals surface area contributed by atoms with Crippen LogP contribution < -0.4 is 10.2 Å². The van der Waals surface area contributed by atoms with Crippen LogP contribution in [0.2, 0.25) is 5.02 Å². The molecule has 1 aromatic rings. The van der Waals surface area contributed by atoms with Crippen LogP contribution >= 0.6 is 11.6 Å². The molecule has 1 saturated carbocycles. The van der Waals surface area contributed by atoms with Gasteiger partial charge in [0.15, 0.2) is 0 Å². The highest BCUT2D eigenvalue weighted by Crippen LogP contribution is 2.33. The third-order valence-electron chi connectivity index (χ3n) is 3.22. The van der Waals surface area contributed by atoms with Gasteiger partial charge < -0.3 is 10.2 Å². The molecule has 0 radical (unpaired) electrons. The van der Waals surface area contributed by atoms with Gasteiger partial charge in [-0.1, -0.05) is 31.5 Å². The zero-order chi connectivity index (χ0) is 12.4. The Morgan fingerprint density at radius 1 is 1.41 bits per heavy atom. The molecule has 1 aliphatic rings. The first kappa shape index (κ1) is 12.7. The van der Waals surface area contributed by atoms with Crippen LogP contribution in [-0.4, -0.2) is 19.1 Å². The highest BCUT2D eigenvalue weighted by atomic mass is 35.5. The molecule has 0 aliphatic heterocycles. The molecule has 0 amide bonds. The summed E-state index contributed by atoms with van der Waals surface area (Å²) < 4.78 is 0. The van der Waals surface area contributed by atoms with Crippen LogP contribution in [0.15, 0.2) is 18.2 Å². The van der Waals surface area contributed by atoms with E-state index in [1.807, 2.05) is 6.07 Å². The van der Waals surface area contributed by atoms with Crippen molar-refractivity contribution in [3.8, 4) is 0 Å². The maximum Gasteiger partial charge on any atom is 0.0426 e. The second-order valence-corrected chi connectivity index (χ2v) is 5.59. The predicted molar refractivity (Wildman–Crippen MR) is 74.9 cm³/mol. The van der Waals surface area contributed by atoms with E-state index in [1.165, 1.54) is 24.1 Å². The third kappa shape index (κ3) is 3.36. The summed E-state index contributed by atoms with van der Waals surface area (Å²) in [6.45, 7) is 5.24. The molecule has 17 heavy (non-hydrogen) atoms. The van der Waals surface area contributed by atoms with Crippen molar-refractivity contribution in [2.45, 2.75) is 45.3 Å². The number of anilines is 1. The van der Waals surface area contributed by atoms with E-state index in [0.29, 0.717) is 12.1 Å². The van der Waals surface area contributed by atoms with Gasteiger partial charge in [0.2, 0.25) is 0 Å². The number of hydrogen-bond acceptors (Lipinski definition) is 2. The molecule has 1 aromatic carbocycles. The van der Waals surface area contributed by atoms with Crippen LogP contribution in [0.25, 0.3) is 0 Å². The van der Waals surface area contributed by atoms with E-state index in [-0.39, 0.29) is 0 Å². The summed E-state index contributed by atoms with van der Waals surface area (Å²) in [6.07, 6.45) is 2.61. The minimum atomic E-state index is 0.504. The van der Waals surface area contributed by atoms with Crippen LogP contribution in [0, 0.1) is 0 Å². The largest absolute Gasteiger partial charge is 0.371 e. The number of rotatable bonds is 5. The van der Waals surface area contributed by atoms with Crippen molar-refractivity contribution in [1.29, 1.82) is 0 Å². The topological polar surface area (TPSA) is 15.3 Å². The molecule has 1 fully saturated rings. The first-order chi connectivity index (χ1) is 8.08. The fourth-order valence-corrected chi connectivity index (χ4v) is 2.15. The van der Waals surface area contributed by atoms with Gasteiger partial charge in [0.05, 0.1) is 0 Å². The van der Waals surface area contributed by atoms with Gasteiger partial charge in [-0.3, -0.25) is 0 Å². The number of nitrogens with zero attached hydrogens (tertiary/aromatic N) is 1. The number of halogens is 1. The minimum absolute atomic E-state index is 0.504. The molecule has 3 heteroatoms. The molecule has 0 heterocycles. The molecule has 1 N–H and O–H groups in total. The van der Waals surface area contributed by atoms with E-state index in [1.54, 1.807) is 0 Å². The standard InChI is InChI=1S/C14H21ClN2/c1-10(2)16-9-11-4-5-12(15)8-14(11)17(3)13-6-7-13/h4-5,8,10,13,16H,6-7,9H2,1-3H3. The maximum absolute atomic E-state index is 6.10. The van der Waals surface area contributed by atoms with Gasteiger partial charge in [-0.25, -0.2) is 0 Å². The minimum Gasteiger partial charge on any atom is -0.371 e. The summed E-state index contributed by atoms with van der Waals surface area (Å²) in [6, 6.07) is 7.41. The van der Waals surface area contributed by atoms with Crippen molar-refractivity contribution in [3.05, 3.63) is 28.8 Å². The number of nitrogens with one attached hydrogen (secondary N) is 1. The predicted octanol–water partition coefficient (Wildman–Crippen LogP) is 3.44. The summed E-state index contributed by atoms with van der Waals surface area (Å²) in [5.74, 6) is 0. The number of hydrogen-bond donors (Lipinski definition) is 1. The molecule has 0 bridgehead atoms. The lowest BCUT2D eigenvalue weighted by Crippen LogP contribution is -2.25. The molecule has 0 aromatic heterocycles. The van der Waals surface area contributed by atoms with Crippen LogP contribution in [0.4, 0.5) is 5.69 Å². The van der Waals surface area contributed by atoms with Crippen LogP contribution in [-0.2, 0) is 6.54 Å². The monoisotopic (exact) mass is 252 g/mol. The Kier molecular flexibility index (Phi) is 3.95. The van der Waals surface area contributed by atoms with Gasteiger partial charge in [-0.2, -0.15) is 0 Å². The Bertz CT molecular complexity index is 386. The van der Waals surface area contributed by atoms with E-state index in [9.17, 15) is 0 Å². The van der Waals surface area contributed by atoms with E-state index < -0.39 is 0 Å². The van der Waals surface area contributed by atoms with Crippen molar-refractivity contribution in [1.82, 2.24) is 5.32 Å².